The number of hydrogen-bond donors (Lipinski definition) is 1. The second kappa shape index (κ2) is 7.34. The van der Waals surface area contributed by atoms with Crippen LogP contribution in [-0.4, -0.2) is 42.8 Å². The third-order valence-electron chi connectivity index (χ3n) is 5.51. The first-order chi connectivity index (χ1) is 14.9. The fourth-order valence-corrected chi connectivity index (χ4v) is 7.38. The van der Waals surface area contributed by atoms with Crippen molar-refractivity contribution in [1.82, 2.24) is 9.55 Å². The molecule has 2 aliphatic heterocycles. The van der Waals surface area contributed by atoms with E-state index < -0.39 is 38.6 Å². The molecule has 2 aliphatic rings. The van der Waals surface area contributed by atoms with Gasteiger partial charge in [0.25, 0.3) is 0 Å². The Labute approximate surface area is 177 Å². The number of ether oxygens (including phenoxy) is 1. The molecular weight excluding hydrogens is 424 g/mol. The van der Waals surface area contributed by atoms with Gasteiger partial charge in [-0.1, -0.05) is 60.7 Å². The van der Waals surface area contributed by atoms with E-state index >= 15 is 8.78 Å². The predicted octanol–water partition coefficient (Wildman–Crippen LogP) is 1.03. The molecule has 160 valence electrons. The van der Waals surface area contributed by atoms with Crippen LogP contribution in [0.25, 0.3) is 0 Å². The summed E-state index contributed by atoms with van der Waals surface area (Å²) in [6.07, 6.45) is -3.36. The van der Waals surface area contributed by atoms with E-state index in [1.807, 2.05) is 60.7 Å². The van der Waals surface area contributed by atoms with Gasteiger partial charge in [-0.2, -0.15) is 13.8 Å². The number of anilines is 1. The van der Waals surface area contributed by atoms with E-state index in [0.717, 1.165) is 10.8 Å². The molecule has 10 heteroatoms. The van der Waals surface area contributed by atoms with Crippen LogP contribution in [0.4, 0.5) is 14.6 Å². The summed E-state index contributed by atoms with van der Waals surface area (Å²) in [4.78, 5) is 15.7. The summed E-state index contributed by atoms with van der Waals surface area (Å²) in [5.41, 5.74) is 4.57. The molecule has 0 radical (unpaired) electrons. The second-order valence-corrected chi connectivity index (χ2v) is 10.4. The van der Waals surface area contributed by atoms with Crippen LogP contribution >= 0.6 is 0 Å². The Bertz CT molecular complexity index is 1110. The highest BCUT2D eigenvalue weighted by atomic mass is 28.4. The molecule has 0 spiro atoms. The topological polar surface area (TPSA) is 88.6 Å². The zero-order chi connectivity index (χ0) is 21.6. The first kappa shape index (κ1) is 20.0. The van der Waals surface area contributed by atoms with Crippen LogP contribution in [-0.2, 0) is 13.6 Å². The quantitative estimate of drug-likeness (QED) is 0.609. The van der Waals surface area contributed by atoms with Crippen LogP contribution in [0.3, 0.4) is 0 Å². The van der Waals surface area contributed by atoms with Crippen molar-refractivity contribution in [3.63, 3.8) is 0 Å². The Morgan fingerprint density at radius 2 is 1.65 bits per heavy atom. The molecule has 2 fully saturated rings. The molecular formula is C21H19F2N3O4Si. The third-order valence-corrected chi connectivity index (χ3v) is 8.85. The number of alkyl halides is 2. The molecule has 0 aliphatic carbocycles. The minimum Gasteiger partial charge on any atom is -0.385 e. The van der Waals surface area contributed by atoms with Gasteiger partial charge in [0.05, 0.1) is 6.61 Å². The fourth-order valence-electron chi connectivity index (χ4n) is 4.05. The monoisotopic (exact) mass is 443 g/mol. The van der Waals surface area contributed by atoms with Gasteiger partial charge in [0.2, 0.25) is 6.23 Å². The molecule has 3 unspecified atom stereocenters. The van der Waals surface area contributed by atoms with E-state index in [1.54, 1.807) is 0 Å². The van der Waals surface area contributed by atoms with Crippen LogP contribution in [0.2, 0.25) is 0 Å². The van der Waals surface area contributed by atoms with Crippen LogP contribution in [0.1, 0.15) is 6.23 Å². The van der Waals surface area contributed by atoms with Gasteiger partial charge in [0.15, 0.2) is 0 Å². The van der Waals surface area contributed by atoms with Crippen LogP contribution in [0.15, 0.2) is 77.7 Å². The van der Waals surface area contributed by atoms with Crippen LogP contribution in [0, 0.1) is 0 Å². The Hall–Kier alpha value is -2.92. The van der Waals surface area contributed by atoms with Gasteiger partial charge in [0, 0.05) is 6.20 Å². The largest absolute Gasteiger partial charge is 0.407 e. The van der Waals surface area contributed by atoms with Crippen molar-refractivity contribution < 1.29 is 22.4 Å². The van der Waals surface area contributed by atoms with E-state index in [1.165, 1.54) is 6.07 Å². The lowest BCUT2D eigenvalue weighted by atomic mass is 10.1. The zero-order valence-electron chi connectivity index (χ0n) is 16.2. The van der Waals surface area contributed by atoms with Gasteiger partial charge in [-0.15, -0.1) is 0 Å². The van der Waals surface area contributed by atoms with E-state index in [0.29, 0.717) is 10.4 Å². The lowest BCUT2D eigenvalue weighted by Crippen LogP contribution is -2.70. The maximum absolute atomic E-state index is 15.6. The number of hydrogen-bond acceptors (Lipinski definition) is 6. The molecule has 3 heterocycles. The van der Waals surface area contributed by atoms with E-state index in [-0.39, 0.29) is 12.4 Å². The van der Waals surface area contributed by atoms with Gasteiger partial charge in [-0.05, 0) is 16.4 Å². The molecule has 2 aromatic carbocycles. The second-order valence-electron chi connectivity index (χ2n) is 7.44. The van der Waals surface area contributed by atoms with Gasteiger partial charge in [-0.3, -0.25) is 4.57 Å². The molecule has 0 saturated carbocycles. The summed E-state index contributed by atoms with van der Waals surface area (Å²) in [6.45, 7) is -0.0933. The molecule has 2 N–H and O–H groups in total. The normalized spacial score (nSPS) is 26.3. The van der Waals surface area contributed by atoms with Gasteiger partial charge in [0.1, 0.15) is 18.0 Å². The zero-order valence-corrected chi connectivity index (χ0v) is 17.2. The minimum absolute atomic E-state index is 0.0563. The van der Waals surface area contributed by atoms with Crippen molar-refractivity contribution >= 4 is 24.8 Å². The average Bonchev–Trinajstić information content (AvgIpc) is 3.04. The summed E-state index contributed by atoms with van der Waals surface area (Å²) in [6, 6.07) is 19.5. The van der Waals surface area contributed by atoms with Crippen molar-refractivity contribution in [3.8, 4) is 0 Å². The van der Waals surface area contributed by atoms with Gasteiger partial charge < -0.3 is 19.3 Å². The number of nitrogen functional groups attached to an aromatic ring is 1. The number of benzene rings is 2. The maximum atomic E-state index is 15.6. The van der Waals surface area contributed by atoms with E-state index in [2.05, 4.69) is 4.98 Å². The smallest absolute Gasteiger partial charge is 0.385 e. The van der Waals surface area contributed by atoms with Crippen molar-refractivity contribution in [2.75, 3.05) is 12.3 Å². The first-order valence-corrected chi connectivity index (χ1v) is 11.5. The molecule has 1 aromatic heterocycles. The SMILES string of the molecule is Nc1ccn(C2OC3CO[Si](c4ccccc4)(c4ccccc4)OC3C2(F)F)c(=O)n1. The summed E-state index contributed by atoms with van der Waals surface area (Å²) in [7, 11) is -3.45. The Morgan fingerprint density at radius 3 is 2.23 bits per heavy atom. The third kappa shape index (κ3) is 3.19. The number of nitrogens with two attached hydrogens (primary N) is 1. The number of aromatic nitrogens is 2. The molecule has 3 aromatic rings. The number of halogens is 2. The molecule has 0 amide bonds. The summed E-state index contributed by atoms with van der Waals surface area (Å²) >= 11 is 0. The van der Waals surface area contributed by atoms with Crippen molar-refractivity contribution in [2.45, 2.75) is 24.4 Å². The van der Waals surface area contributed by atoms with Crippen LogP contribution < -0.4 is 21.8 Å². The molecule has 2 saturated heterocycles. The maximum Gasteiger partial charge on any atom is 0.407 e. The highest BCUT2D eigenvalue weighted by molar-refractivity contribution is 6.92. The molecule has 0 bridgehead atoms. The molecule has 7 nitrogen and oxygen atoms in total. The lowest BCUT2D eigenvalue weighted by molar-refractivity contribution is -0.137. The van der Waals surface area contributed by atoms with Gasteiger partial charge >= 0.3 is 20.2 Å². The number of nitrogens with zero attached hydrogens (tertiary/aromatic N) is 2. The Balaban J connectivity index is 1.57. The lowest BCUT2D eigenvalue weighted by Gasteiger charge is -2.41. The molecule has 3 atom stereocenters. The molecule has 31 heavy (non-hydrogen) atoms. The Morgan fingerprint density at radius 1 is 1.03 bits per heavy atom. The highest BCUT2D eigenvalue weighted by Crippen LogP contribution is 2.46. The average molecular weight is 443 g/mol. The Kier molecular flexibility index (Phi) is 4.74. The number of rotatable bonds is 3. The summed E-state index contributed by atoms with van der Waals surface area (Å²) in [5, 5.41) is 1.43. The summed E-state index contributed by atoms with van der Waals surface area (Å²) < 4.78 is 49.9. The highest BCUT2D eigenvalue weighted by Gasteiger charge is 2.66. The predicted molar refractivity (Wildman–Crippen MR) is 110 cm³/mol. The van der Waals surface area contributed by atoms with Gasteiger partial charge in [-0.25, -0.2) is 4.79 Å². The molecule has 5 rings (SSSR count). The van der Waals surface area contributed by atoms with Crippen molar-refractivity contribution in [3.05, 3.63) is 83.4 Å². The fraction of sp³-hybridized carbons (Fsp3) is 0.238. The standard InChI is InChI=1S/C21H19F2N3O4Si/c22-21(23)18-16(29-19(21)26-12-11-17(24)25-20(26)27)13-28-31(30-18,14-7-3-1-4-8-14)15-9-5-2-6-10-15/h1-12,16,18-19H,13H2,(H2,24,25,27). The van der Waals surface area contributed by atoms with E-state index in [4.69, 9.17) is 19.3 Å². The van der Waals surface area contributed by atoms with Crippen LogP contribution in [0.5, 0.6) is 0 Å². The minimum atomic E-state index is -3.50. The summed E-state index contributed by atoms with van der Waals surface area (Å²) in [5.74, 6) is -3.56. The van der Waals surface area contributed by atoms with Crippen molar-refractivity contribution in [2.24, 2.45) is 0 Å². The number of fused-ring (bicyclic) bond motifs is 1. The van der Waals surface area contributed by atoms with E-state index in [9.17, 15) is 4.79 Å². The van der Waals surface area contributed by atoms with Crippen molar-refractivity contribution in [1.29, 1.82) is 0 Å². The first-order valence-electron chi connectivity index (χ1n) is 9.72.